The maximum absolute atomic E-state index is 14.2. The summed E-state index contributed by atoms with van der Waals surface area (Å²) in [5.41, 5.74) is 5.36. The number of hydrogen-bond donors (Lipinski definition) is 1. The van der Waals surface area contributed by atoms with Gasteiger partial charge in [-0.15, -0.1) is 11.3 Å². The quantitative estimate of drug-likeness (QED) is 0.381. The van der Waals surface area contributed by atoms with Gasteiger partial charge in [0, 0.05) is 35.8 Å². The van der Waals surface area contributed by atoms with E-state index in [2.05, 4.69) is 52.3 Å². The van der Waals surface area contributed by atoms with Gasteiger partial charge in [0.05, 0.1) is 38.2 Å². The molecule has 0 bridgehead atoms. The lowest BCUT2D eigenvalue weighted by atomic mass is 10.0. The summed E-state index contributed by atoms with van der Waals surface area (Å²) in [6.07, 6.45) is 3.12. The van der Waals surface area contributed by atoms with Crippen molar-refractivity contribution in [2.24, 2.45) is 0 Å². The van der Waals surface area contributed by atoms with Crippen molar-refractivity contribution >= 4 is 23.1 Å². The Morgan fingerprint density at radius 3 is 2.62 bits per heavy atom. The molecule has 37 heavy (non-hydrogen) atoms. The zero-order valence-electron chi connectivity index (χ0n) is 21.2. The molecule has 2 aromatic carbocycles. The third-order valence-electron chi connectivity index (χ3n) is 7.28. The van der Waals surface area contributed by atoms with Crippen molar-refractivity contribution in [1.29, 1.82) is 0 Å². The topological polar surface area (TPSA) is 59.0 Å². The van der Waals surface area contributed by atoms with Crippen LogP contribution in [0.25, 0.3) is 5.00 Å². The number of aromatic nitrogens is 1. The van der Waals surface area contributed by atoms with Crippen LogP contribution in [0.15, 0.2) is 66.9 Å². The summed E-state index contributed by atoms with van der Waals surface area (Å²) in [4.78, 5) is 19.9. The molecule has 0 radical (unpaired) electrons. The first-order valence-corrected chi connectivity index (χ1v) is 13.2. The van der Waals surface area contributed by atoms with Crippen LogP contribution in [0.5, 0.6) is 11.5 Å². The van der Waals surface area contributed by atoms with Gasteiger partial charge < -0.3 is 29.2 Å². The molecule has 0 saturated heterocycles. The molecule has 2 amide bonds. The van der Waals surface area contributed by atoms with E-state index < -0.39 is 0 Å². The summed E-state index contributed by atoms with van der Waals surface area (Å²) in [6, 6.07) is 19.4. The molecule has 0 spiro atoms. The van der Waals surface area contributed by atoms with E-state index in [-0.39, 0.29) is 12.1 Å². The van der Waals surface area contributed by atoms with E-state index in [1.54, 1.807) is 26.4 Å². The number of nitrogens with one attached hydrogen (secondary N) is 1. The average molecular weight is 515 g/mol. The van der Waals surface area contributed by atoms with E-state index >= 15 is 0 Å². The molecule has 0 fully saturated rings. The summed E-state index contributed by atoms with van der Waals surface area (Å²) in [6.45, 7) is 2.48. The second-order valence-corrected chi connectivity index (χ2v) is 10.6. The Balaban J connectivity index is 1.48. The lowest BCUT2D eigenvalue weighted by Gasteiger charge is -2.32. The van der Waals surface area contributed by atoms with Crippen LogP contribution in [0.3, 0.4) is 0 Å². The summed E-state index contributed by atoms with van der Waals surface area (Å²) < 4.78 is 13.2. The van der Waals surface area contributed by atoms with E-state index in [0.717, 1.165) is 30.8 Å². The number of amides is 2. The maximum atomic E-state index is 14.2. The van der Waals surface area contributed by atoms with Crippen LogP contribution >= 0.6 is 11.3 Å². The Morgan fingerprint density at radius 1 is 1.00 bits per heavy atom. The number of carbonyl (C=O) groups excluding carboxylic acids is 1. The van der Waals surface area contributed by atoms with Gasteiger partial charge in [0.25, 0.3) is 0 Å². The first-order chi connectivity index (χ1) is 18.1. The minimum Gasteiger partial charge on any atom is -0.497 e. The minimum atomic E-state index is -0.255. The van der Waals surface area contributed by atoms with Gasteiger partial charge in [-0.1, -0.05) is 30.3 Å². The highest BCUT2D eigenvalue weighted by Crippen LogP contribution is 2.43. The average Bonchev–Trinajstić information content (AvgIpc) is 3.50. The Hall–Kier alpha value is -3.75. The van der Waals surface area contributed by atoms with Gasteiger partial charge in [-0.05, 0) is 48.9 Å². The molecule has 1 atom stereocenters. The van der Waals surface area contributed by atoms with Gasteiger partial charge in [0.15, 0.2) is 0 Å². The summed E-state index contributed by atoms with van der Waals surface area (Å²) >= 11 is 1.85. The van der Waals surface area contributed by atoms with Crippen molar-refractivity contribution in [1.82, 2.24) is 14.4 Å². The van der Waals surface area contributed by atoms with E-state index in [9.17, 15) is 4.79 Å². The molecule has 2 aliphatic heterocycles. The number of anilines is 1. The monoisotopic (exact) mass is 514 g/mol. The lowest BCUT2D eigenvalue weighted by molar-refractivity contribution is 0.194. The SMILES string of the molecule is COc1ccc(OC)c(NC(=O)N2Cc3c(sc4c3CCN(C)C4)-n3cccc3[C@H]2c2ccccc2)c1. The molecule has 6 rings (SSSR count). The molecule has 2 aromatic heterocycles. The zero-order valence-corrected chi connectivity index (χ0v) is 22.0. The van der Waals surface area contributed by atoms with E-state index in [1.807, 2.05) is 40.5 Å². The van der Waals surface area contributed by atoms with Gasteiger partial charge in [-0.3, -0.25) is 0 Å². The maximum Gasteiger partial charge on any atom is 0.323 e. The lowest BCUT2D eigenvalue weighted by Crippen LogP contribution is -2.38. The number of methoxy groups -OCH3 is 2. The van der Waals surface area contributed by atoms with Crippen molar-refractivity contribution in [2.45, 2.75) is 25.6 Å². The standard InChI is InChI=1S/C29H30N4O3S/c1-31-15-13-21-22-17-33(29(34)30-23-16-20(35-2)11-12-25(23)36-3)27(19-8-5-4-6-9-19)24-10-7-14-32(24)28(22)37-26(21)18-31/h4-12,14,16,27H,13,15,17-18H2,1-3H3,(H,30,34)/t27-/m1/s1. The number of carbonyl (C=O) groups is 1. The third-order valence-corrected chi connectivity index (χ3v) is 8.54. The number of benzene rings is 2. The van der Waals surface area contributed by atoms with Crippen LogP contribution in [0.4, 0.5) is 10.5 Å². The molecule has 4 heterocycles. The molecule has 0 unspecified atom stereocenters. The highest BCUT2D eigenvalue weighted by Gasteiger charge is 2.36. The summed E-state index contributed by atoms with van der Waals surface area (Å²) in [5, 5.41) is 4.35. The fourth-order valence-corrected chi connectivity index (χ4v) is 6.88. The Morgan fingerprint density at radius 2 is 1.84 bits per heavy atom. The molecule has 2 aliphatic rings. The van der Waals surface area contributed by atoms with Crippen LogP contribution in [-0.4, -0.2) is 48.2 Å². The van der Waals surface area contributed by atoms with Crippen LogP contribution in [0, 0.1) is 0 Å². The van der Waals surface area contributed by atoms with Crippen molar-refractivity contribution in [2.75, 3.05) is 33.1 Å². The highest BCUT2D eigenvalue weighted by atomic mass is 32.1. The molecule has 190 valence electrons. The molecular formula is C29H30N4O3S. The summed E-state index contributed by atoms with van der Waals surface area (Å²) in [5.74, 6) is 1.24. The molecular weight excluding hydrogens is 484 g/mol. The fraction of sp³-hybridized carbons (Fsp3) is 0.276. The minimum absolute atomic E-state index is 0.186. The predicted molar refractivity (Wildman–Crippen MR) is 146 cm³/mol. The molecule has 7 nitrogen and oxygen atoms in total. The second kappa shape index (κ2) is 9.61. The normalized spacial score (nSPS) is 16.8. The number of hydrogen-bond acceptors (Lipinski definition) is 5. The smallest absolute Gasteiger partial charge is 0.323 e. The Labute approximate surface area is 220 Å². The number of urea groups is 1. The predicted octanol–water partition coefficient (Wildman–Crippen LogP) is 5.68. The highest BCUT2D eigenvalue weighted by molar-refractivity contribution is 7.15. The number of ether oxygens (including phenoxy) is 2. The molecule has 0 saturated carbocycles. The number of nitrogens with zero attached hydrogens (tertiary/aromatic N) is 3. The van der Waals surface area contributed by atoms with Gasteiger partial charge in [0.2, 0.25) is 0 Å². The number of rotatable bonds is 4. The Bertz CT molecular complexity index is 1440. The van der Waals surface area contributed by atoms with Crippen LogP contribution in [0.2, 0.25) is 0 Å². The fourth-order valence-electron chi connectivity index (χ4n) is 5.44. The first kappa shape index (κ1) is 23.6. The van der Waals surface area contributed by atoms with Crippen LogP contribution in [-0.2, 0) is 19.5 Å². The van der Waals surface area contributed by atoms with Crippen molar-refractivity contribution in [3.05, 3.63) is 94.1 Å². The van der Waals surface area contributed by atoms with E-state index in [0.29, 0.717) is 23.7 Å². The zero-order chi connectivity index (χ0) is 25.5. The van der Waals surface area contributed by atoms with Crippen LogP contribution < -0.4 is 14.8 Å². The number of thiophene rings is 1. The van der Waals surface area contributed by atoms with Crippen molar-refractivity contribution in [3.63, 3.8) is 0 Å². The number of likely N-dealkylation sites (N-methyl/N-ethyl adjacent to an activating group) is 1. The van der Waals surface area contributed by atoms with E-state index in [4.69, 9.17) is 9.47 Å². The van der Waals surface area contributed by atoms with Gasteiger partial charge in [-0.25, -0.2) is 4.79 Å². The molecule has 0 aliphatic carbocycles. The number of fused-ring (bicyclic) bond motifs is 5. The van der Waals surface area contributed by atoms with Crippen molar-refractivity contribution in [3.8, 4) is 16.5 Å². The van der Waals surface area contributed by atoms with E-state index in [1.165, 1.54) is 21.0 Å². The van der Waals surface area contributed by atoms with Gasteiger partial charge >= 0.3 is 6.03 Å². The van der Waals surface area contributed by atoms with Gasteiger partial charge in [0.1, 0.15) is 16.5 Å². The second-order valence-electron chi connectivity index (χ2n) is 9.52. The molecule has 4 aromatic rings. The van der Waals surface area contributed by atoms with Crippen LogP contribution in [0.1, 0.15) is 33.3 Å². The van der Waals surface area contributed by atoms with Crippen molar-refractivity contribution < 1.29 is 14.3 Å². The largest absolute Gasteiger partial charge is 0.497 e. The molecule has 1 N–H and O–H groups in total. The summed E-state index contributed by atoms with van der Waals surface area (Å²) in [7, 11) is 5.38. The van der Waals surface area contributed by atoms with Gasteiger partial charge in [-0.2, -0.15) is 0 Å². The Kier molecular flexibility index (Phi) is 6.14. The molecule has 8 heteroatoms. The first-order valence-electron chi connectivity index (χ1n) is 12.4. The third kappa shape index (κ3) is 4.16.